The second-order valence-electron chi connectivity index (χ2n) is 4.80. The highest BCUT2D eigenvalue weighted by atomic mass is 16.5. The van der Waals surface area contributed by atoms with Crippen molar-refractivity contribution in [1.82, 2.24) is 5.32 Å². The van der Waals surface area contributed by atoms with Crippen LogP contribution in [0.25, 0.3) is 0 Å². The Kier molecular flexibility index (Phi) is 4.21. The first-order valence-corrected chi connectivity index (χ1v) is 6.38. The SMILES string of the molecule is CNC1CCC(OC2C=CCCC2)CC1. The largest absolute Gasteiger partial charge is 0.371 e. The van der Waals surface area contributed by atoms with Crippen LogP contribution in [0.15, 0.2) is 12.2 Å². The van der Waals surface area contributed by atoms with Gasteiger partial charge in [-0.1, -0.05) is 12.2 Å². The quantitative estimate of drug-likeness (QED) is 0.721. The first-order valence-electron chi connectivity index (χ1n) is 6.38. The van der Waals surface area contributed by atoms with Gasteiger partial charge in [0.05, 0.1) is 12.2 Å². The lowest BCUT2D eigenvalue weighted by Gasteiger charge is -2.31. The van der Waals surface area contributed by atoms with Crippen molar-refractivity contribution < 1.29 is 4.74 Å². The summed E-state index contributed by atoms with van der Waals surface area (Å²) >= 11 is 0. The molecule has 1 atom stereocenters. The third-order valence-electron chi connectivity index (χ3n) is 3.66. The molecule has 0 radical (unpaired) electrons. The summed E-state index contributed by atoms with van der Waals surface area (Å²) in [6, 6.07) is 0.728. The average molecular weight is 209 g/mol. The molecular weight excluding hydrogens is 186 g/mol. The monoisotopic (exact) mass is 209 g/mol. The molecule has 2 nitrogen and oxygen atoms in total. The Morgan fingerprint density at radius 3 is 2.53 bits per heavy atom. The van der Waals surface area contributed by atoms with E-state index in [2.05, 4.69) is 24.5 Å². The van der Waals surface area contributed by atoms with E-state index in [4.69, 9.17) is 4.74 Å². The fourth-order valence-electron chi connectivity index (χ4n) is 2.63. The Morgan fingerprint density at radius 1 is 1.13 bits per heavy atom. The van der Waals surface area contributed by atoms with Gasteiger partial charge in [-0.2, -0.15) is 0 Å². The molecule has 15 heavy (non-hydrogen) atoms. The summed E-state index contributed by atoms with van der Waals surface area (Å²) in [5.74, 6) is 0. The normalized spacial score (nSPS) is 36.7. The standard InChI is InChI=1S/C13H23NO/c1-14-11-7-9-13(10-8-11)15-12-5-3-2-4-6-12/h3,5,11-14H,2,4,6-10H2,1H3. The molecule has 2 aliphatic rings. The third kappa shape index (κ3) is 3.32. The predicted molar refractivity (Wildman–Crippen MR) is 63.0 cm³/mol. The van der Waals surface area contributed by atoms with Gasteiger partial charge in [-0.25, -0.2) is 0 Å². The summed E-state index contributed by atoms with van der Waals surface area (Å²) < 4.78 is 6.11. The van der Waals surface area contributed by atoms with E-state index >= 15 is 0 Å². The molecule has 1 unspecified atom stereocenters. The molecule has 0 aromatic heterocycles. The molecule has 1 saturated carbocycles. The fraction of sp³-hybridized carbons (Fsp3) is 0.846. The maximum atomic E-state index is 6.11. The van der Waals surface area contributed by atoms with Gasteiger partial charge in [0, 0.05) is 6.04 Å². The van der Waals surface area contributed by atoms with Gasteiger partial charge < -0.3 is 10.1 Å². The lowest BCUT2D eigenvalue weighted by Crippen LogP contribution is -2.34. The Bertz CT molecular complexity index is 207. The molecule has 0 bridgehead atoms. The van der Waals surface area contributed by atoms with Crippen molar-refractivity contribution >= 4 is 0 Å². The molecule has 2 heteroatoms. The highest BCUT2D eigenvalue weighted by Gasteiger charge is 2.22. The average Bonchev–Trinajstić information content (AvgIpc) is 2.31. The Balaban J connectivity index is 1.71. The maximum absolute atomic E-state index is 6.11. The van der Waals surface area contributed by atoms with Crippen molar-refractivity contribution in [3.05, 3.63) is 12.2 Å². The zero-order valence-corrected chi connectivity index (χ0v) is 9.74. The second-order valence-corrected chi connectivity index (χ2v) is 4.80. The molecule has 1 N–H and O–H groups in total. The van der Waals surface area contributed by atoms with Gasteiger partial charge in [0.1, 0.15) is 0 Å². The van der Waals surface area contributed by atoms with Crippen LogP contribution in [0.4, 0.5) is 0 Å². The van der Waals surface area contributed by atoms with Gasteiger partial charge in [0.15, 0.2) is 0 Å². The van der Waals surface area contributed by atoms with Gasteiger partial charge in [-0.3, -0.25) is 0 Å². The molecule has 0 amide bonds. The van der Waals surface area contributed by atoms with Crippen LogP contribution in [-0.2, 0) is 4.74 Å². The summed E-state index contributed by atoms with van der Waals surface area (Å²) in [6.07, 6.45) is 14.2. The Morgan fingerprint density at radius 2 is 1.93 bits per heavy atom. The number of hydrogen-bond acceptors (Lipinski definition) is 2. The van der Waals surface area contributed by atoms with Crippen LogP contribution in [0.1, 0.15) is 44.9 Å². The molecule has 0 saturated heterocycles. The van der Waals surface area contributed by atoms with E-state index in [0.29, 0.717) is 12.2 Å². The highest BCUT2D eigenvalue weighted by molar-refractivity contribution is 4.95. The van der Waals surface area contributed by atoms with Crippen molar-refractivity contribution in [2.75, 3.05) is 7.05 Å². The van der Waals surface area contributed by atoms with Gasteiger partial charge in [0.2, 0.25) is 0 Å². The zero-order chi connectivity index (χ0) is 10.5. The Hall–Kier alpha value is -0.340. The minimum Gasteiger partial charge on any atom is -0.371 e. The van der Waals surface area contributed by atoms with E-state index in [9.17, 15) is 0 Å². The topological polar surface area (TPSA) is 21.3 Å². The minimum atomic E-state index is 0.412. The van der Waals surface area contributed by atoms with Gasteiger partial charge in [-0.05, 0) is 52.0 Å². The number of nitrogens with one attached hydrogen (secondary N) is 1. The van der Waals surface area contributed by atoms with E-state index in [1.54, 1.807) is 0 Å². The van der Waals surface area contributed by atoms with E-state index in [1.807, 2.05) is 0 Å². The first-order chi connectivity index (χ1) is 7.38. The summed E-state index contributed by atoms with van der Waals surface area (Å²) in [6.45, 7) is 0. The van der Waals surface area contributed by atoms with Gasteiger partial charge in [-0.15, -0.1) is 0 Å². The molecule has 1 fully saturated rings. The molecule has 86 valence electrons. The van der Waals surface area contributed by atoms with Crippen molar-refractivity contribution in [2.45, 2.75) is 63.2 Å². The van der Waals surface area contributed by atoms with E-state index in [-0.39, 0.29) is 0 Å². The summed E-state index contributed by atoms with van der Waals surface area (Å²) in [7, 11) is 2.07. The number of hydrogen-bond donors (Lipinski definition) is 1. The number of ether oxygens (including phenoxy) is 1. The predicted octanol–water partition coefficient (Wildman–Crippen LogP) is 2.64. The zero-order valence-electron chi connectivity index (χ0n) is 9.74. The molecule has 2 aliphatic carbocycles. The summed E-state index contributed by atoms with van der Waals surface area (Å²) in [4.78, 5) is 0. The molecule has 0 spiro atoms. The lowest BCUT2D eigenvalue weighted by molar-refractivity contribution is -0.0167. The van der Waals surface area contributed by atoms with Crippen LogP contribution in [0.5, 0.6) is 0 Å². The molecule has 0 aliphatic heterocycles. The van der Waals surface area contributed by atoms with Gasteiger partial charge in [0.25, 0.3) is 0 Å². The molecule has 2 rings (SSSR count). The summed E-state index contributed by atoms with van der Waals surface area (Å²) in [5, 5.41) is 3.36. The molecular formula is C13H23NO. The van der Waals surface area contributed by atoms with E-state index in [1.165, 1.54) is 44.9 Å². The van der Waals surface area contributed by atoms with Crippen LogP contribution in [0.2, 0.25) is 0 Å². The molecule has 0 heterocycles. The lowest BCUT2D eigenvalue weighted by atomic mass is 9.92. The van der Waals surface area contributed by atoms with Crippen molar-refractivity contribution in [1.29, 1.82) is 0 Å². The van der Waals surface area contributed by atoms with Crippen LogP contribution in [0, 0.1) is 0 Å². The van der Waals surface area contributed by atoms with Gasteiger partial charge >= 0.3 is 0 Å². The van der Waals surface area contributed by atoms with E-state index < -0.39 is 0 Å². The Labute approximate surface area is 93.1 Å². The highest BCUT2D eigenvalue weighted by Crippen LogP contribution is 2.24. The molecule has 0 aromatic rings. The smallest absolute Gasteiger partial charge is 0.0759 e. The molecule has 0 aromatic carbocycles. The number of allylic oxidation sites excluding steroid dienone is 1. The first kappa shape index (κ1) is 11.2. The second kappa shape index (κ2) is 5.66. The van der Waals surface area contributed by atoms with Crippen LogP contribution < -0.4 is 5.32 Å². The summed E-state index contributed by atoms with van der Waals surface area (Å²) in [5.41, 5.74) is 0. The van der Waals surface area contributed by atoms with Crippen LogP contribution in [-0.4, -0.2) is 25.3 Å². The van der Waals surface area contributed by atoms with E-state index in [0.717, 1.165) is 6.04 Å². The van der Waals surface area contributed by atoms with Crippen molar-refractivity contribution in [2.24, 2.45) is 0 Å². The fourth-order valence-corrected chi connectivity index (χ4v) is 2.63. The third-order valence-corrected chi connectivity index (χ3v) is 3.66. The van der Waals surface area contributed by atoms with Crippen molar-refractivity contribution in [3.8, 4) is 0 Å². The van der Waals surface area contributed by atoms with Crippen LogP contribution >= 0.6 is 0 Å². The van der Waals surface area contributed by atoms with Crippen molar-refractivity contribution in [3.63, 3.8) is 0 Å². The van der Waals surface area contributed by atoms with Crippen LogP contribution in [0.3, 0.4) is 0 Å². The number of rotatable bonds is 3. The maximum Gasteiger partial charge on any atom is 0.0759 e. The minimum absolute atomic E-state index is 0.412.